The molecular formula is C16H25N3O2. The standard InChI is InChI=1S/C16H25N3O2/c1-16(2,3)21-15(20)19-8-4-5-12(10-19)11-6-7-13(17)14(18)9-11/h6-7,9,12H,4-5,8,10,17-18H2,1-3H3. The molecule has 1 unspecified atom stereocenters. The minimum absolute atomic E-state index is 0.240. The van der Waals surface area contributed by atoms with E-state index in [2.05, 4.69) is 0 Å². The topological polar surface area (TPSA) is 81.6 Å². The number of hydrogen-bond donors (Lipinski definition) is 2. The summed E-state index contributed by atoms with van der Waals surface area (Å²) in [4.78, 5) is 14.0. The van der Waals surface area contributed by atoms with Gasteiger partial charge in [0, 0.05) is 19.0 Å². The molecule has 1 amide bonds. The van der Waals surface area contributed by atoms with Crippen molar-refractivity contribution in [3.8, 4) is 0 Å². The summed E-state index contributed by atoms with van der Waals surface area (Å²) in [7, 11) is 0. The zero-order valence-corrected chi connectivity index (χ0v) is 13.1. The molecule has 0 aliphatic carbocycles. The van der Waals surface area contributed by atoms with Gasteiger partial charge in [-0.3, -0.25) is 0 Å². The second-order valence-electron chi connectivity index (χ2n) is 6.65. The molecule has 0 bridgehead atoms. The Labute approximate surface area is 126 Å². The first-order chi connectivity index (χ1) is 9.76. The summed E-state index contributed by atoms with van der Waals surface area (Å²) in [5.74, 6) is 0.286. The largest absolute Gasteiger partial charge is 0.444 e. The van der Waals surface area contributed by atoms with E-state index in [4.69, 9.17) is 16.2 Å². The van der Waals surface area contributed by atoms with Gasteiger partial charge in [0.25, 0.3) is 0 Å². The summed E-state index contributed by atoms with van der Waals surface area (Å²) in [5, 5.41) is 0. The fourth-order valence-electron chi connectivity index (χ4n) is 2.59. The van der Waals surface area contributed by atoms with Crippen LogP contribution in [0.15, 0.2) is 18.2 Å². The van der Waals surface area contributed by atoms with Crippen molar-refractivity contribution in [3.05, 3.63) is 23.8 Å². The van der Waals surface area contributed by atoms with Crippen molar-refractivity contribution in [1.82, 2.24) is 4.90 Å². The number of nitrogen functional groups attached to an aromatic ring is 2. The maximum absolute atomic E-state index is 12.2. The van der Waals surface area contributed by atoms with Crippen molar-refractivity contribution in [2.24, 2.45) is 0 Å². The third-order valence-corrected chi connectivity index (χ3v) is 3.66. The van der Waals surface area contributed by atoms with Crippen LogP contribution in [0.1, 0.15) is 45.1 Å². The fourth-order valence-corrected chi connectivity index (χ4v) is 2.59. The number of rotatable bonds is 1. The Morgan fingerprint density at radius 3 is 2.62 bits per heavy atom. The first-order valence-electron chi connectivity index (χ1n) is 7.39. The number of carbonyl (C=O) groups is 1. The lowest BCUT2D eigenvalue weighted by Crippen LogP contribution is -2.42. The number of hydrogen-bond acceptors (Lipinski definition) is 4. The van der Waals surface area contributed by atoms with Crippen LogP contribution in [0.4, 0.5) is 16.2 Å². The monoisotopic (exact) mass is 291 g/mol. The van der Waals surface area contributed by atoms with Crippen LogP contribution in [-0.2, 0) is 4.74 Å². The highest BCUT2D eigenvalue weighted by atomic mass is 16.6. The van der Waals surface area contributed by atoms with Gasteiger partial charge in [-0.15, -0.1) is 0 Å². The third kappa shape index (κ3) is 4.03. The minimum atomic E-state index is -0.463. The van der Waals surface area contributed by atoms with Gasteiger partial charge in [-0.25, -0.2) is 4.79 Å². The number of carbonyl (C=O) groups excluding carboxylic acids is 1. The van der Waals surface area contributed by atoms with Gasteiger partial charge >= 0.3 is 6.09 Å². The summed E-state index contributed by atoms with van der Waals surface area (Å²) in [6, 6.07) is 5.74. The van der Waals surface area contributed by atoms with E-state index in [1.807, 2.05) is 39.0 Å². The number of anilines is 2. The van der Waals surface area contributed by atoms with E-state index in [1.54, 1.807) is 4.90 Å². The SMILES string of the molecule is CC(C)(C)OC(=O)N1CCCC(c2ccc(N)c(N)c2)C1. The first kappa shape index (κ1) is 15.5. The minimum Gasteiger partial charge on any atom is -0.444 e. The Kier molecular flexibility index (Phi) is 4.30. The molecule has 4 N–H and O–H groups in total. The van der Waals surface area contributed by atoms with Gasteiger partial charge < -0.3 is 21.1 Å². The molecule has 1 heterocycles. The molecule has 1 fully saturated rings. The van der Waals surface area contributed by atoms with Gasteiger partial charge in [-0.2, -0.15) is 0 Å². The number of nitrogens with two attached hydrogens (primary N) is 2. The number of benzene rings is 1. The Hall–Kier alpha value is -1.91. The summed E-state index contributed by atoms with van der Waals surface area (Å²) < 4.78 is 5.45. The van der Waals surface area contributed by atoms with Crippen molar-refractivity contribution >= 4 is 17.5 Å². The molecule has 0 spiro atoms. The Morgan fingerprint density at radius 1 is 1.29 bits per heavy atom. The summed E-state index contributed by atoms with van der Waals surface area (Å²) in [6.07, 6.45) is 1.77. The number of likely N-dealkylation sites (tertiary alicyclic amines) is 1. The Balaban J connectivity index is 2.06. The first-order valence-corrected chi connectivity index (χ1v) is 7.39. The van der Waals surface area contributed by atoms with Crippen molar-refractivity contribution in [3.63, 3.8) is 0 Å². The molecule has 2 rings (SSSR count). The highest BCUT2D eigenvalue weighted by Crippen LogP contribution is 2.30. The van der Waals surface area contributed by atoms with E-state index < -0.39 is 5.60 Å². The number of ether oxygens (including phenoxy) is 1. The molecule has 1 aliphatic heterocycles. The molecule has 0 saturated carbocycles. The van der Waals surface area contributed by atoms with E-state index in [1.165, 1.54) is 0 Å². The van der Waals surface area contributed by atoms with Crippen LogP contribution in [0.5, 0.6) is 0 Å². The predicted molar refractivity (Wildman–Crippen MR) is 85.0 cm³/mol. The van der Waals surface area contributed by atoms with Gasteiger partial charge in [-0.05, 0) is 51.3 Å². The van der Waals surface area contributed by atoms with Crippen LogP contribution in [0, 0.1) is 0 Å². The smallest absolute Gasteiger partial charge is 0.410 e. The second-order valence-corrected chi connectivity index (χ2v) is 6.65. The van der Waals surface area contributed by atoms with Crippen LogP contribution in [0.25, 0.3) is 0 Å². The lowest BCUT2D eigenvalue weighted by atomic mass is 9.90. The average molecular weight is 291 g/mol. The van der Waals surface area contributed by atoms with E-state index in [-0.39, 0.29) is 12.0 Å². The molecule has 0 radical (unpaired) electrons. The van der Waals surface area contributed by atoms with Crippen LogP contribution in [0.2, 0.25) is 0 Å². The van der Waals surface area contributed by atoms with Crippen LogP contribution >= 0.6 is 0 Å². The molecule has 1 aromatic rings. The molecular weight excluding hydrogens is 266 g/mol. The highest BCUT2D eigenvalue weighted by Gasteiger charge is 2.28. The fraction of sp³-hybridized carbons (Fsp3) is 0.562. The molecule has 21 heavy (non-hydrogen) atoms. The number of piperidine rings is 1. The molecule has 1 aliphatic rings. The molecule has 1 atom stereocenters. The number of amides is 1. The van der Waals surface area contributed by atoms with Crippen molar-refractivity contribution in [2.75, 3.05) is 24.6 Å². The quantitative estimate of drug-likeness (QED) is 0.779. The molecule has 5 heteroatoms. The average Bonchev–Trinajstić information content (AvgIpc) is 2.40. The van der Waals surface area contributed by atoms with Crippen LogP contribution in [0.3, 0.4) is 0 Å². The lowest BCUT2D eigenvalue weighted by molar-refractivity contribution is 0.0198. The Bertz CT molecular complexity index is 523. The van der Waals surface area contributed by atoms with Gasteiger partial charge in [0.1, 0.15) is 5.60 Å². The third-order valence-electron chi connectivity index (χ3n) is 3.66. The summed E-state index contributed by atoms with van der Waals surface area (Å²) in [6.45, 7) is 7.06. The maximum Gasteiger partial charge on any atom is 0.410 e. The van der Waals surface area contributed by atoms with E-state index >= 15 is 0 Å². The summed E-state index contributed by atoms with van der Waals surface area (Å²) in [5.41, 5.74) is 13.5. The van der Waals surface area contributed by atoms with Gasteiger partial charge in [0.2, 0.25) is 0 Å². The second kappa shape index (κ2) is 5.84. The summed E-state index contributed by atoms with van der Waals surface area (Å²) >= 11 is 0. The number of nitrogens with zero attached hydrogens (tertiary/aromatic N) is 1. The van der Waals surface area contributed by atoms with E-state index in [0.717, 1.165) is 24.9 Å². The molecule has 1 saturated heterocycles. The predicted octanol–water partition coefficient (Wildman–Crippen LogP) is 2.97. The molecule has 116 valence electrons. The molecule has 1 aromatic carbocycles. The zero-order valence-electron chi connectivity index (χ0n) is 13.1. The van der Waals surface area contributed by atoms with E-state index in [9.17, 15) is 4.79 Å². The van der Waals surface area contributed by atoms with Crippen molar-refractivity contribution in [2.45, 2.75) is 45.1 Å². The normalized spacial score (nSPS) is 19.4. The highest BCUT2D eigenvalue weighted by molar-refractivity contribution is 5.68. The van der Waals surface area contributed by atoms with E-state index in [0.29, 0.717) is 17.9 Å². The maximum atomic E-state index is 12.2. The van der Waals surface area contributed by atoms with Gasteiger partial charge in [0.05, 0.1) is 11.4 Å². The van der Waals surface area contributed by atoms with Crippen LogP contribution in [-0.4, -0.2) is 29.7 Å². The molecule has 5 nitrogen and oxygen atoms in total. The van der Waals surface area contributed by atoms with Crippen LogP contribution < -0.4 is 11.5 Å². The molecule has 0 aromatic heterocycles. The van der Waals surface area contributed by atoms with Crippen molar-refractivity contribution < 1.29 is 9.53 Å². The zero-order chi connectivity index (χ0) is 15.6. The van der Waals surface area contributed by atoms with Gasteiger partial charge in [-0.1, -0.05) is 6.07 Å². The lowest BCUT2D eigenvalue weighted by Gasteiger charge is -2.34. The Morgan fingerprint density at radius 2 is 2.00 bits per heavy atom. The van der Waals surface area contributed by atoms with Gasteiger partial charge in [0.15, 0.2) is 0 Å². The van der Waals surface area contributed by atoms with Crippen molar-refractivity contribution in [1.29, 1.82) is 0 Å².